The first-order valence-electron chi connectivity index (χ1n) is 6.62. The molecule has 0 fully saturated rings. The number of carbonyl (C=O) groups is 3. The fraction of sp³-hybridized carbons (Fsp3) is 0.438. The molecule has 0 saturated heterocycles. The number of rotatable bonds is 5. The number of aliphatic hydroxyl groups is 1. The van der Waals surface area contributed by atoms with Crippen LogP contribution in [0.1, 0.15) is 40.5 Å². The quantitative estimate of drug-likeness (QED) is 0.330. The van der Waals surface area contributed by atoms with Crippen LogP contribution in [0.15, 0.2) is 36.5 Å². The molecule has 0 aliphatic heterocycles. The topological polar surface area (TPSA) is 132 Å². The summed E-state index contributed by atoms with van der Waals surface area (Å²) in [6, 6.07) is 0. The molecule has 4 N–H and O–H groups in total. The van der Waals surface area contributed by atoms with Crippen LogP contribution in [-0.4, -0.2) is 44.9 Å². The summed E-state index contributed by atoms with van der Waals surface area (Å²) in [5, 5.41) is 31.7. The van der Waals surface area contributed by atoms with Gasteiger partial charge in [-0.05, 0) is 27.2 Å². The fourth-order valence-electron chi connectivity index (χ4n) is 0.158. The molecule has 0 radical (unpaired) electrons. The van der Waals surface area contributed by atoms with Gasteiger partial charge in [-0.1, -0.05) is 33.1 Å². The Labute approximate surface area is 162 Å². The predicted molar refractivity (Wildman–Crippen MR) is 89.3 cm³/mol. The van der Waals surface area contributed by atoms with Gasteiger partial charge in [0.05, 0.1) is 0 Å². The molecule has 0 bridgehead atoms. The third-order valence-corrected chi connectivity index (χ3v) is 1.61. The Hall–Kier alpha value is -1.54. The van der Waals surface area contributed by atoms with Gasteiger partial charge >= 0.3 is 17.9 Å². The molecule has 138 valence electrons. The van der Waals surface area contributed by atoms with Gasteiger partial charge in [-0.15, -0.1) is 0 Å². The average molecular weight is 511 g/mol. The minimum atomic E-state index is -0.935. The molecular formula is C16H28HfO7. The van der Waals surface area contributed by atoms with E-state index < -0.39 is 17.9 Å². The van der Waals surface area contributed by atoms with Crippen molar-refractivity contribution in [2.45, 2.75) is 40.5 Å². The maximum Gasteiger partial charge on any atom is 0.330 e. The van der Waals surface area contributed by atoms with Gasteiger partial charge in [0.25, 0.3) is 0 Å². The van der Waals surface area contributed by atoms with Crippen LogP contribution in [0.4, 0.5) is 0 Å². The Balaban J connectivity index is -0.0000000661. The molecule has 0 aromatic heterocycles. The SMILES string of the molecule is C=C(C)C(=O)O.C=C(C)C(=O)O.C=C(C)C(=O)O.CCCCO.[Hf]. The van der Waals surface area contributed by atoms with E-state index in [2.05, 4.69) is 26.7 Å². The number of hydrogen-bond donors (Lipinski definition) is 4. The Kier molecular flexibility index (Phi) is 33.5. The second kappa shape index (κ2) is 23.7. The van der Waals surface area contributed by atoms with E-state index in [1.807, 2.05) is 0 Å². The molecule has 0 aliphatic rings. The molecular weight excluding hydrogens is 483 g/mol. The van der Waals surface area contributed by atoms with Crippen LogP contribution in [0.5, 0.6) is 0 Å². The summed E-state index contributed by atoms with van der Waals surface area (Å²) in [4.78, 5) is 28.8. The van der Waals surface area contributed by atoms with Crippen molar-refractivity contribution in [1.29, 1.82) is 0 Å². The second-order valence-corrected chi connectivity index (χ2v) is 4.33. The largest absolute Gasteiger partial charge is 0.478 e. The smallest absolute Gasteiger partial charge is 0.330 e. The van der Waals surface area contributed by atoms with Gasteiger partial charge in [0.15, 0.2) is 0 Å². The average Bonchev–Trinajstić information content (AvgIpc) is 2.41. The van der Waals surface area contributed by atoms with Crippen LogP contribution < -0.4 is 0 Å². The minimum absolute atomic E-state index is 0. The second-order valence-electron chi connectivity index (χ2n) is 4.33. The van der Waals surface area contributed by atoms with Crippen molar-refractivity contribution in [2.75, 3.05) is 6.61 Å². The van der Waals surface area contributed by atoms with Gasteiger partial charge in [-0.2, -0.15) is 0 Å². The number of aliphatic hydroxyl groups excluding tert-OH is 1. The first kappa shape index (κ1) is 33.9. The van der Waals surface area contributed by atoms with Crippen molar-refractivity contribution in [3.63, 3.8) is 0 Å². The van der Waals surface area contributed by atoms with Gasteiger partial charge in [0.2, 0.25) is 0 Å². The summed E-state index contributed by atoms with van der Waals surface area (Å²) in [5.74, 6) is -2.81. The standard InChI is InChI=1S/3C4H6O2.C4H10O.Hf/c3*1-3(2)4(5)6;1-2-3-4-5;/h3*1H2,2H3,(H,5,6);5H,2-4H2,1H3;. The molecule has 0 heterocycles. The number of carboxylic acid groups (broad SMARTS) is 3. The molecule has 8 heteroatoms. The van der Waals surface area contributed by atoms with Crippen molar-refractivity contribution < 1.29 is 60.7 Å². The third kappa shape index (κ3) is 49.9. The van der Waals surface area contributed by atoms with Crippen molar-refractivity contribution in [3.05, 3.63) is 36.5 Å². The van der Waals surface area contributed by atoms with Crippen LogP contribution in [0.2, 0.25) is 0 Å². The molecule has 0 rings (SSSR count). The first-order chi connectivity index (χ1) is 10.3. The maximum atomic E-state index is 9.60. The fourth-order valence-corrected chi connectivity index (χ4v) is 0.158. The summed E-state index contributed by atoms with van der Waals surface area (Å²) in [6.07, 6.45) is 2.04. The Morgan fingerprint density at radius 2 is 0.917 bits per heavy atom. The van der Waals surface area contributed by atoms with Crippen LogP contribution in [0, 0.1) is 0 Å². The number of unbranched alkanes of at least 4 members (excludes halogenated alkanes) is 1. The van der Waals surface area contributed by atoms with Gasteiger partial charge in [0.1, 0.15) is 0 Å². The molecule has 0 aliphatic carbocycles. The molecule has 0 unspecified atom stereocenters. The Morgan fingerprint density at radius 3 is 0.917 bits per heavy atom. The van der Waals surface area contributed by atoms with Crippen molar-refractivity contribution in [2.24, 2.45) is 0 Å². The summed E-state index contributed by atoms with van der Waals surface area (Å²) in [5.41, 5.74) is 0.528. The van der Waals surface area contributed by atoms with Crippen molar-refractivity contribution >= 4 is 17.9 Å². The number of carboxylic acids is 3. The number of aliphatic carboxylic acids is 3. The molecule has 24 heavy (non-hydrogen) atoms. The van der Waals surface area contributed by atoms with Crippen LogP contribution in [0.25, 0.3) is 0 Å². The molecule has 0 spiro atoms. The van der Waals surface area contributed by atoms with Crippen LogP contribution in [-0.2, 0) is 40.2 Å². The first-order valence-corrected chi connectivity index (χ1v) is 6.62. The zero-order valence-corrected chi connectivity index (χ0v) is 18.3. The Bertz CT molecular complexity index is 320. The van der Waals surface area contributed by atoms with Gasteiger partial charge in [-0.3, -0.25) is 0 Å². The zero-order chi connectivity index (χ0) is 19.6. The van der Waals surface area contributed by atoms with Gasteiger partial charge in [0, 0.05) is 49.2 Å². The summed E-state index contributed by atoms with van der Waals surface area (Å²) in [6.45, 7) is 16.2. The molecule has 0 aromatic carbocycles. The van der Waals surface area contributed by atoms with Gasteiger partial charge in [-0.25, -0.2) is 14.4 Å². The monoisotopic (exact) mass is 512 g/mol. The molecule has 7 nitrogen and oxygen atoms in total. The molecule has 0 saturated carbocycles. The zero-order valence-electron chi connectivity index (χ0n) is 14.8. The normalized spacial score (nSPS) is 7.38. The minimum Gasteiger partial charge on any atom is -0.478 e. The molecule has 0 atom stereocenters. The van der Waals surface area contributed by atoms with E-state index in [0.29, 0.717) is 6.61 Å². The molecule has 0 aromatic rings. The van der Waals surface area contributed by atoms with Crippen molar-refractivity contribution in [1.82, 2.24) is 0 Å². The summed E-state index contributed by atoms with van der Waals surface area (Å²) < 4.78 is 0. The summed E-state index contributed by atoms with van der Waals surface area (Å²) in [7, 11) is 0. The van der Waals surface area contributed by atoms with E-state index in [9.17, 15) is 14.4 Å². The van der Waals surface area contributed by atoms with E-state index in [4.69, 9.17) is 20.4 Å². The van der Waals surface area contributed by atoms with Crippen molar-refractivity contribution in [3.8, 4) is 0 Å². The van der Waals surface area contributed by atoms with Crippen LogP contribution >= 0.6 is 0 Å². The van der Waals surface area contributed by atoms with E-state index in [-0.39, 0.29) is 42.6 Å². The van der Waals surface area contributed by atoms with E-state index >= 15 is 0 Å². The van der Waals surface area contributed by atoms with E-state index in [1.54, 1.807) is 0 Å². The van der Waals surface area contributed by atoms with E-state index in [1.165, 1.54) is 20.8 Å². The summed E-state index contributed by atoms with van der Waals surface area (Å²) >= 11 is 0. The van der Waals surface area contributed by atoms with Crippen LogP contribution in [0.3, 0.4) is 0 Å². The maximum absolute atomic E-state index is 9.60. The predicted octanol–water partition coefficient (Wildman–Crippen LogP) is 2.72. The van der Waals surface area contributed by atoms with E-state index in [0.717, 1.165) is 12.8 Å². The van der Waals surface area contributed by atoms with Gasteiger partial charge < -0.3 is 20.4 Å². The molecule has 0 amide bonds. The third-order valence-electron chi connectivity index (χ3n) is 1.61. The number of hydrogen-bond acceptors (Lipinski definition) is 4. The Morgan fingerprint density at radius 1 is 0.750 bits per heavy atom.